The number of hydrogen-bond donors (Lipinski definition) is 2. The van der Waals surface area contributed by atoms with E-state index in [1.54, 1.807) is 34.9 Å². The van der Waals surface area contributed by atoms with Crippen LogP contribution in [0.15, 0.2) is 177 Å². The third-order valence-electron chi connectivity index (χ3n) is 13.4. The summed E-state index contributed by atoms with van der Waals surface area (Å²) in [5.41, 5.74) is 10.2. The Morgan fingerprint density at radius 2 is 1.21 bits per heavy atom. The molecule has 0 saturated carbocycles. The Labute approximate surface area is 468 Å². The van der Waals surface area contributed by atoms with Crippen LogP contribution in [0.5, 0.6) is 0 Å². The molecule has 0 amide bonds. The predicted octanol–water partition coefficient (Wildman–Crippen LogP) is 11.1. The number of para-hydroxylation sites is 2. The summed E-state index contributed by atoms with van der Waals surface area (Å²) in [6.45, 7) is 5.91. The predicted molar refractivity (Wildman–Crippen MR) is 316 cm³/mol. The number of hydrogen-bond acceptors (Lipinski definition) is 14. The molecule has 7 aromatic rings. The molecule has 4 heterocycles. The van der Waals surface area contributed by atoms with Crippen LogP contribution in [0.1, 0.15) is 23.4 Å². The molecule has 0 saturated heterocycles. The summed E-state index contributed by atoms with van der Waals surface area (Å²) in [5.74, 6) is -0.615. The second kappa shape index (κ2) is 26.0. The Bertz CT molecular complexity index is 3690. The van der Waals surface area contributed by atoms with Crippen molar-refractivity contribution in [3.8, 4) is 0 Å². The van der Waals surface area contributed by atoms with Gasteiger partial charge < -0.3 is 33.6 Å². The van der Waals surface area contributed by atoms with Crippen LogP contribution in [0.2, 0.25) is 0 Å². The van der Waals surface area contributed by atoms with Gasteiger partial charge in [-0.05, 0) is 77.4 Å². The molecular formula is C59H61N4O10S5+. The highest BCUT2D eigenvalue weighted by atomic mass is 32.2. The number of anilines is 3. The summed E-state index contributed by atoms with van der Waals surface area (Å²) in [6.07, 6.45) is 11.6. The van der Waals surface area contributed by atoms with Crippen molar-refractivity contribution in [2.24, 2.45) is 0 Å². The van der Waals surface area contributed by atoms with E-state index in [9.17, 15) is 25.9 Å². The Hall–Kier alpha value is -5.77. The van der Waals surface area contributed by atoms with Gasteiger partial charge in [0.05, 0.1) is 86.2 Å². The third-order valence-corrected chi connectivity index (χ3v) is 18.3. The number of aromatic nitrogens is 1. The van der Waals surface area contributed by atoms with Crippen molar-refractivity contribution in [3.05, 3.63) is 178 Å². The Balaban J connectivity index is 0.657. The number of fused-ring (bicyclic) bond motifs is 8. The van der Waals surface area contributed by atoms with Crippen LogP contribution in [0.25, 0.3) is 37.8 Å². The van der Waals surface area contributed by atoms with E-state index in [0.29, 0.717) is 79.0 Å². The Kier molecular flexibility index (Phi) is 18.5. The number of ether oxygens (including phenoxy) is 4. The van der Waals surface area contributed by atoms with Gasteiger partial charge in [0, 0.05) is 65.1 Å². The van der Waals surface area contributed by atoms with Gasteiger partial charge in [-0.1, -0.05) is 132 Å². The van der Waals surface area contributed by atoms with E-state index in [-0.39, 0.29) is 24.3 Å². The molecule has 78 heavy (non-hydrogen) atoms. The second-order valence-electron chi connectivity index (χ2n) is 18.7. The average Bonchev–Trinajstić information content (AvgIpc) is 4.36. The monoisotopic (exact) mass is 1150 g/mol. The summed E-state index contributed by atoms with van der Waals surface area (Å²) in [5, 5.41) is 7.33. The van der Waals surface area contributed by atoms with Gasteiger partial charge in [-0.2, -0.15) is 21.4 Å². The van der Waals surface area contributed by atoms with Crippen LogP contribution in [-0.2, 0) is 52.1 Å². The first-order chi connectivity index (χ1) is 38.0. The summed E-state index contributed by atoms with van der Waals surface area (Å²) in [7, 11) is -8.16. The third kappa shape index (κ3) is 14.0. The van der Waals surface area contributed by atoms with E-state index in [0.717, 1.165) is 80.9 Å². The highest BCUT2D eigenvalue weighted by Gasteiger charge is 2.29. The molecule has 0 spiro atoms. The molecule has 3 aliphatic heterocycles. The lowest BCUT2D eigenvalue weighted by molar-refractivity contribution is -0.667. The minimum atomic E-state index is -4.09. The normalized spacial score (nSPS) is 15.5. The molecule has 14 nitrogen and oxygen atoms in total. The van der Waals surface area contributed by atoms with Crippen molar-refractivity contribution in [1.29, 1.82) is 0 Å². The zero-order valence-electron chi connectivity index (χ0n) is 42.9. The van der Waals surface area contributed by atoms with E-state index in [1.807, 2.05) is 54.6 Å². The largest absolute Gasteiger partial charge is 0.377 e. The quantitative estimate of drug-likeness (QED) is 0.0228. The van der Waals surface area contributed by atoms with Crippen molar-refractivity contribution in [2.45, 2.75) is 35.6 Å². The fourth-order valence-corrected chi connectivity index (χ4v) is 14.2. The van der Waals surface area contributed by atoms with Crippen LogP contribution in [0.3, 0.4) is 0 Å². The first-order valence-corrected chi connectivity index (χ1v) is 31.6. The van der Waals surface area contributed by atoms with Gasteiger partial charge >= 0.3 is 0 Å². The van der Waals surface area contributed by atoms with E-state index >= 15 is 0 Å². The average molecular weight is 1150 g/mol. The van der Waals surface area contributed by atoms with Gasteiger partial charge in [0.15, 0.2) is 6.54 Å². The minimum Gasteiger partial charge on any atom is -0.377 e. The lowest BCUT2D eigenvalue weighted by Gasteiger charge is -2.21. The number of benzene rings is 6. The molecule has 0 atom stereocenters. The molecular weight excluding hydrogens is 1090 g/mol. The van der Waals surface area contributed by atoms with Crippen molar-refractivity contribution >= 4 is 110 Å². The van der Waals surface area contributed by atoms with Crippen LogP contribution in [0, 0.1) is 0 Å². The maximum absolute atomic E-state index is 11.6. The number of nitrogens with zero attached hydrogens (tertiary/aromatic N) is 4. The van der Waals surface area contributed by atoms with E-state index < -0.39 is 20.2 Å². The summed E-state index contributed by atoms with van der Waals surface area (Å²) in [6, 6.07) is 41.5. The summed E-state index contributed by atoms with van der Waals surface area (Å²) < 4.78 is 92.3. The van der Waals surface area contributed by atoms with Gasteiger partial charge in [0.25, 0.3) is 25.2 Å². The van der Waals surface area contributed by atoms with Crippen LogP contribution in [-0.4, -0.2) is 110 Å². The maximum atomic E-state index is 11.6. The molecule has 3 aliphatic rings. The molecule has 6 aromatic carbocycles. The number of thiazole rings is 1. The standard InChI is InChI=1S/C59H60N4O10S5/c64-77(65,66)41-11-29-62-56(75-53-27-25-44-13-1-4-17-48(44)58(53)62)22-9-16-47-43-46-15-3-6-19-50(46)60(47)31-33-70-35-37-72-39-40-73-38-36-71-34-32-61-51-20-7-8-21-52(51)74-55(61)23-10-24-57-63(30-12-42-78(67,68)69)59-49-18-5-2-14-45(49)26-28-54(59)76-57/h1-10,13-21,23-28H,11-12,29-43H2,(H-,64,65,66,67,68,69)/p+1/b47-16-. The Morgan fingerprint density at radius 1 is 0.590 bits per heavy atom. The van der Waals surface area contributed by atoms with Crippen LogP contribution in [0.4, 0.5) is 17.1 Å². The van der Waals surface area contributed by atoms with Crippen molar-refractivity contribution in [1.82, 2.24) is 0 Å². The lowest BCUT2D eigenvalue weighted by Crippen LogP contribution is -2.36. The molecule has 0 radical (unpaired) electrons. The SMILES string of the molecule is O=S(=O)(O)CCCN1C(=C=C/C=C2/Cc3ccccc3N2CCOCCOCCOCCOCCN2/C(=C\C=C\c3sc4ccc5ccccc5c4[n+]3CCCS(=O)(=O)O)Sc3ccccc32)Sc2ccc3ccccc3c21. The molecule has 19 heteroatoms. The van der Waals surface area contributed by atoms with Crippen LogP contribution >= 0.6 is 34.9 Å². The van der Waals surface area contributed by atoms with Gasteiger partial charge in [0.2, 0.25) is 5.52 Å². The fourth-order valence-electron chi connectivity index (χ4n) is 9.89. The highest BCUT2D eigenvalue weighted by molar-refractivity contribution is 8.04. The first-order valence-electron chi connectivity index (χ1n) is 25.9. The van der Waals surface area contributed by atoms with Crippen molar-refractivity contribution in [2.75, 3.05) is 98.7 Å². The number of aryl methyl sites for hydroxylation is 1. The molecule has 1 aromatic heterocycles. The molecule has 2 N–H and O–H groups in total. The van der Waals surface area contributed by atoms with E-state index in [1.165, 1.54) is 10.5 Å². The summed E-state index contributed by atoms with van der Waals surface area (Å²) >= 11 is 4.97. The molecule has 0 fully saturated rings. The van der Waals surface area contributed by atoms with Crippen molar-refractivity contribution in [3.63, 3.8) is 0 Å². The van der Waals surface area contributed by atoms with Gasteiger partial charge in [-0.15, -0.1) is 0 Å². The Morgan fingerprint density at radius 3 is 1.95 bits per heavy atom. The second-order valence-corrected chi connectivity index (χ2v) is 25.0. The minimum absolute atomic E-state index is 0.274. The first kappa shape index (κ1) is 55.5. The summed E-state index contributed by atoms with van der Waals surface area (Å²) in [4.78, 5) is 8.92. The van der Waals surface area contributed by atoms with E-state index in [4.69, 9.17) is 18.9 Å². The topological polar surface area (TPSA) is 159 Å². The molecule has 10 rings (SSSR count). The molecule has 0 bridgehead atoms. The number of allylic oxidation sites excluding steroid dienone is 5. The highest BCUT2D eigenvalue weighted by Crippen LogP contribution is 2.49. The molecule has 0 aliphatic carbocycles. The molecule has 0 unspecified atom stereocenters. The van der Waals surface area contributed by atoms with Gasteiger partial charge in [-0.3, -0.25) is 9.11 Å². The van der Waals surface area contributed by atoms with E-state index in [2.05, 4.69) is 122 Å². The smallest absolute Gasteiger partial charge is 0.265 e. The zero-order valence-corrected chi connectivity index (χ0v) is 47.0. The maximum Gasteiger partial charge on any atom is 0.265 e. The lowest BCUT2D eigenvalue weighted by atomic mass is 10.1. The van der Waals surface area contributed by atoms with Crippen molar-refractivity contribution < 1.29 is 49.5 Å². The van der Waals surface area contributed by atoms with Gasteiger partial charge in [0.1, 0.15) is 9.73 Å². The fraction of sp³-hybridized carbons (Fsp3) is 0.288. The van der Waals surface area contributed by atoms with Crippen LogP contribution < -0.4 is 19.3 Å². The number of thioether (sulfide) groups is 2. The zero-order chi connectivity index (χ0) is 53.9. The molecule has 406 valence electrons. The number of rotatable bonds is 26. The van der Waals surface area contributed by atoms with Gasteiger partial charge in [-0.25, -0.2) is 0 Å².